The van der Waals surface area contributed by atoms with Crippen LogP contribution in [0.25, 0.3) is 0 Å². The third kappa shape index (κ3) is 3.36. The molecule has 1 aromatic carbocycles. The largest absolute Gasteiger partial charge is 0.496 e. The molecule has 0 aliphatic rings. The second-order valence-electron chi connectivity index (χ2n) is 3.54. The van der Waals surface area contributed by atoms with Crippen molar-refractivity contribution in [1.29, 1.82) is 0 Å². The highest BCUT2D eigenvalue weighted by atomic mass is 79.9. The van der Waals surface area contributed by atoms with Crippen molar-refractivity contribution in [3.8, 4) is 11.5 Å². The van der Waals surface area contributed by atoms with Gasteiger partial charge in [-0.3, -0.25) is 0 Å². The van der Waals surface area contributed by atoms with E-state index in [1.807, 2.05) is 0 Å². The first-order valence-corrected chi connectivity index (χ1v) is 5.99. The number of benzene rings is 1. The van der Waals surface area contributed by atoms with Gasteiger partial charge >= 0.3 is 5.97 Å². The maximum atomic E-state index is 11.2. The molecule has 6 heteroatoms. The number of carbonyl (C=O) groups excluding carboxylic acids is 1. The molecule has 0 amide bonds. The van der Waals surface area contributed by atoms with Crippen molar-refractivity contribution in [2.45, 2.75) is 12.5 Å². The lowest BCUT2D eigenvalue weighted by atomic mass is 10.1. The molecule has 0 saturated carbocycles. The zero-order valence-corrected chi connectivity index (χ0v) is 12.0. The Balaban J connectivity index is 3.03. The van der Waals surface area contributed by atoms with Crippen LogP contribution >= 0.6 is 15.9 Å². The molecular formula is C12H15BrO5. The molecular weight excluding hydrogens is 304 g/mol. The van der Waals surface area contributed by atoms with E-state index in [1.54, 1.807) is 12.1 Å². The van der Waals surface area contributed by atoms with Crippen molar-refractivity contribution in [2.24, 2.45) is 0 Å². The molecule has 0 aliphatic heterocycles. The number of carbonyl (C=O) groups is 1. The number of halogens is 1. The summed E-state index contributed by atoms with van der Waals surface area (Å²) in [6.07, 6.45) is -1.13. The summed E-state index contributed by atoms with van der Waals surface area (Å²) < 4.78 is 15.5. The number of hydrogen-bond acceptors (Lipinski definition) is 5. The second-order valence-corrected chi connectivity index (χ2v) is 4.40. The van der Waals surface area contributed by atoms with Gasteiger partial charge in [0.25, 0.3) is 0 Å². The Morgan fingerprint density at radius 2 is 1.89 bits per heavy atom. The van der Waals surface area contributed by atoms with Crippen LogP contribution in [0.5, 0.6) is 11.5 Å². The first-order chi connectivity index (χ1) is 8.53. The van der Waals surface area contributed by atoms with Gasteiger partial charge in [0.2, 0.25) is 0 Å². The number of aliphatic hydroxyl groups is 1. The molecule has 18 heavy (non-hydrogen) atoms. The summed E-state index contributed by atoms with van der Waals surface area (Å²) in [5.41, 5.74) is 0.662. The van der Waals surface area contributed by atoms with Crippen molar-refractivity contribution in [3.63, 3.8) is 0 Å². The van der Waals surface area contributed by atoms with E-state index in [4.69, 9.17) is 9.47 Å². The zero-order valence-electron chi connectivity index (χ0n) is 10.4. The highest BCUT2D eigenvalue weighted by Gasteiger charge is 2.19. The van der Waals surface area contributed by atoms with Crippen molar-refractivity contribution in [3.05, 3.63) is 22.2 Å². The Hall–Kier alpha value is -1.27. The van der Waals surface area contributed by atoms with E-state index in [0.29, 0.717) is 17.1 Å². The fraction of sp³-hybridized carbons (Fsp3) is 0.417. The van der Waals surface area contributed by atoms with Crippen LogP contribution in [0.1, 0.15) is 5.56 Å². The van der Waals surface area contributed by atoms with Crippen LogP contribution in [0, 0.1) is 0 Å². The van der Waals surface area contributed by atoms with Gasteiger partial charge in [0.1, 0.15) is 11.5 Å². The Labute approximate surface area is 114 Å². The molecule has 0 spiro atoms. The summed E-state index contributed by atoms with van der Waals surface area (Å²) in [4.78, 5) is 11.2. The van der Waals surface area contributed by atoms with E-state index >= 15 is 0 Å². The lowest BCUT2D eigenvalue weighted by molar-refractivity contribution is -0.150. The van der Waals surface area contributed by atoms with Crippen LogP contribution in [0.4, 0.5) is 0 Å². The molecule has 0 saturated heterocycles. The Kier molecular flexibility index (Phi) is 5.43. The van der Waals surface area contributed by atoms with Crippen LogP contribution in [-0.2, 0) is 16.0 Å². The number of hydrogen-bond donors (Lipinski definition) is 1. The molecule has 0 aromatic heterocycles. The summed E-state index contributed by atoms with van der Waals surface area (Å²) in [5.74, 6) is 0.479. The Morgan fingerprint density at radius 1 is 1.28 bits per heavy atom. The molecule has 100 valence electrons. The summed E-state index contributed by atoms with van der Waals surface area (Å²) in [7, 11) is 4.28. The van der Waals surface area contributed by atoms with Gasteiger partial charge in [0.15, 0.2) is 6.10 Å². The number of methoxy groups -OCH3 is 3. The lowest BCUT2D eigenvalue weighted by Crippen LogP contribution is -2.24. The van der Waals surface area contributed by atoms with E-state index in [2.05, 4.69) is 20.7 Å². The van der Waals surface area contributed by atoms with Crippen LogP contribution in [0.2, 0.25) is 0 Å². The van der Waals surface area contributed by atoms with E-state index < -0.39 is 12.1 Å². The van der Waals surface area contributed by atoms with Gasteiger partial charge in [-0.1, -0.05) is 0 Å². The number of aliphatic hydroxyl groups excluding tert-OH is 1. The molecule has 0 heterocycles. The van der Waals surface area contributed by atoms with Gasteiger partial charge < -0.3 is 19.3 Å². The van der Waals surface area contributed by atoms with E-state index in [9.17, 15) is 9.90 Å². The highest BCUT2D eigenvalue weighted by Crippen LogP contribution is 2.33. The zero-order chi connectivity index (χ0) is 13.7. The van der Waals surface area contributed by atoms with Gasteiger partial charge in [-0.05, 0) is 28.1 Å². The van der Waals surface area contributed by atoms with Crippen molar-refractivity contribution < 1.29 is 24.1 Å². The third-order valence-electron chi connectivity index (χ3n) is 2.44. The minimum Gasteiger partial charge on any atom is -0.496 e. The first kappa shape index (κ1) is 14.8. The molecule has 1 rings (SSSR count). The molecule has 0 aliphatic carbocycles. The summed E-state index contributed by atoms with van der Waals surface area (Å²) >= 11 is 3.33. The number of rotatable bonds is 5. The Bertz CT molecular complexity index is 433. The van der Waals surface area contributed by atoms with Crippen molar-refractivity contribution >= 4 is 21.9 Å². The molecule has 0 bridgehead atoms. The fourth-order valence-corrected chi connectivity index (χ4v) is 2.00. The molecule has 1 unspecified atom stereocenters. The van der Waals surface area contributed by atoms with Crippen molar-refractivity contribution in [2.75, 3.05) is 21.3 Å². The van der Waals surface area contributed by atoms with E-state index in [0.717, 1.165) is 4.47 Å². The molecule has 1 aromatic rings. The highest BCUT2D eigenvalue weighted by molar-refractivity contribution is 9.10. The number of ether oxygens (including phenoxy) is 3. The van der Waals surface area contributed by atoms with Crippen LogP contribution < -0.4 is 9.47 Å². The molecule has 1 atom stereocenters. The van der Waals surface area contributed by atoms with Crippen LogP contribution in [0.15, 0.2) is 16.6 Å². The van der Waals surface area contributed by atoms with Crippen molar-refractivity contribution in [1.82, 2.24) is 0 Å². The Morgan fingerprint density at radius 3 is 2.39 bits per heavy atom. The normalized spacial score (nSPS) is 11.8. The van der Waals surface area contributed by atoms with E-state index in [1.165, 1.54) is 21.3 Å². The minimum absolute atomic E-state index is 0.0967. The fourth-order valence-electron chi connectivity index (χ4n) is 1.51. The van der Waals surface area contributed by atoms with E-state index in [-0.39, 0.29) is 6.42 Å². The van der Waals surface area contributed by atoms with Crippen LogP contribution in [0.3, 0.4) is 0 Å². The van der Waals surface area contributed by atoms with Gasteiger partial charge in [-0.2, -0.15) is 0 Å². The van der Waals surface area contributed by atoms with Gasteiger partial charge in [0.05, 0.1) is 25.8 Å². The molecule has 0 fully saturated rings. The average molecular weight is 319 g/mol. The number of esters is 1. The van der Waals surface area contributed by atoms with Gasteiger partial charge in [-0.15, -0.1) is 0 Å². The van der Waals surface area contributed by atoms with Crippen LogP contribution in [-0.4, -0.2) is 38.5 Å². The average Bonchev–Trinajstić information content (AvgIpc) is 2.38. The van der Waals surface area contributed by atoms with Gasteiger partial charge in [-0.25, -0.2) is 4.79 Å². The quantitative estimate of drug-likeness (QED) is 0.834. The lowest BCUT2D eigenvalue weighted by Gasteiger charge is -2.14. The van der Waals surface area contributed by atoms with Gasteiger partial charge in [0, 0.05) is 12.0 Å². The molecule has 0 radical (unpaired) electrons. The minimum atomic E-state index is -1.23. The smallest absolute Gasteiger partial charge is 0.335 e. The maximum Gasteiger partial charge on any atom is 0.335 e. The standard InChI is InChI=1S/C12H15BrO5/c1-16-10-6-8(13)11(17-2)5-7(10)4-9(14)12(15)18-3/h5-6,9,14H,4H2,1-3H3. The summed E-state index contributed by atoms with van der Waals surface area (Å²) in [5, 5.41) is 9.64. The monoisotopic (exact) mass is 318 g/mol. The summed E-state index contributed by atoms with van der Waals surface area (Å²) in [6, 6.07) is 3.42. The SMILES string of the molecule is COC(=O)C(O)Cc1cc(OC)c(Br)cc1OC. The summed E-state index contributed by atoms with van der Waals surface area (Å²) in [6.45, 7) is 0. The second kappa shape index (κ2) is 6.61. The first-order valence-electron chi connectivity index (χ1n) is 5.19. The third-order valence-corrected chi connectivity index (χ3v) is 3.06. The maximum absolute atomic E-state index is 11.2. The predicted octanol–water partition coefficient (Wildman–Crippen LogP) is 1.54. The predicted molar refractivity (Wildman–Crippen MR) is 69.0 cm³/mol. The topological polar surface area (TPSA) is 65.0 Å². The molecule has 5 nitrogen and oxygen atoms in total. The molecule has 1 N–H and O–H groups in total.